The van der Waals surface area contributed by atoms with Gasteiger partial charge in [0.15, 0.2) is 0 Å². The van der Waals surface area contributed by atoms with Crippen LogP contribution in [0.3, 0.4) is 0 Å². The van der Waals surface area contributed by atoms with Crippen LogP contribution in [0.25, 0.3) is 16.9 Å². The second kappa shape index (κ2) is 4.35. The van der Waals surface area contributed by atoms with Crippen molar-refractivity contribution in [2.45, 2.75) is 6.92 Å². The summed E-state index contributed by atoms with van der Waals surface area (Å²) in [4.78, 5) is 4.48. The molecule has 2 N–H and O–H groups in total. The lowest BCUT2D eigenvalue weighted by atomic mass is 10.1. The molecule has 0 aliphatic heterocycles. The van der Waals surface area contributed by atoms with Gasteiger partial charge >= 0.3 is 0 Å². The van der Waals surface area contributed by atoms with Crippen LogP contribution in [0.1, 0.15) is 5.69 Å². The van der Waals surface area contributed by atoms with Crippen molar-refractivity contribution >= 4 is 27.4 Å². The number of fused-ring (bicyclic) bond motifs is 1. The van der Waals surface area contributed by atoms with E-state index in [4.69, 9.17) is 5.73 Å². The zero-order valence-electron chi connectivity index (χ0n) is 10.2. The van der Waals surface area contributed by atoms with Gasteiger partial charge in [0, 0.05) is 15.7 Å². The highest BCUT2D eigenvalue weighted by molar-refractivity contribution is 9.10. The van der Waals surface area contributed by atoms with Crippen molar-refractivity contribution in [1.82, 2.24) is 9.38 Å². The largest absolute Gasteiger partial charge is 0.383 e. The van der Waals surface area contributed by atoms with E-state index in [1.54, 1.807) is 12.1 Å². The third-order valence-electron chi connectivity index (χ3n) is 3.10. The maximum absolute atomic E-state index is 13.3. The Balaban J connectivity index is 2.32. The number of hydrogen-bond donors (Lipinski definition) is 1. The molecule has 0 radical (unpaired) electrons. The second-order valence-corrected chi connectivity index (χ2v) is 5.17. The topological polar surface area (TPSA) is 43.3 Å². The smallest absolute Gasteiger partial charge is 0.139 e. The number of nitrogen functional groups attached to an aromatic ring is 1. The third-order valence-corrected chi connectivity index (χ3v) is 3.93. The van der Waals surface area contributed by atoms with Gasteiger partial charge in [0.1, 0.15) is 23.0 Å². The molecule has 0 saturated carbocycles. The summed E-state index contributed by atoms with van der Waals surface area (Å²) in [5, 5.41) is 0. The normalized spacial score (nSPS) is 11.1. The van der Waals surface area contributed by atoms with E-state index in [1.165, 1.54) is 12.1 Å². The molecule has 0 spiro atoms. The fourth-order valence-electron chi connectivity index (χ4n) is 2.14. The van der Waals surface area contributed by atoms with Gasteiger partial charge in [0.2, 0.25) is 0 Å². The van der Waals surface area contributed by atoms with Gasteiger partial charge in [0.25, 0.3) is 0 Å². The van der Waals surface area contributed by atoms with Crippen LogP contribution in [0.2, 0.25) is 0 Å². The van der Waals surface area contributed by atoms with Crippen molar-refractivity contribution in [1.29, 1.82) is 0 Å². The molecule has 5 heteroatoms. The molecule has 2 aromatic heterocycles. The van der Waals surface area contributed by atoms with Crippen molar-refractivity contribution in [2.75, 3.05) is 5.73 Å². The average molecular weight is 320 g/mol. The molecule has 3 nitrogen and oxygen atoms in total. The Labute approximate surface area is 118 Å². The zero-order valence-corrected chi connectivity index (χ0v) is 11.8. The van der Waals surface area contributed by atoms with Gasteiger partial charge in [-0.25, -0.2) is 9.37 Å². The van der Waals surface area contributed by atoms with Crippen molar-refractivity contribution < 1.29 is 4.39 Å². The monoisotopic (exact) mass is 319 g/mol. The lowest BCUT2D eigenvalue weighted by molar-refractivity contribution is 0.628. The molecular weight excluding hydrogens is 309 g/mol. The predicted octanol–water partition coefficient (Wildman–Crippen LogP) is 3.79. The number of pyridine rings is 1. The molecule has 0 unspecified atom stereocenters. The highest BCUT2D eigenvalue weighted by Crippen LogP contribution is 2.29. The van der Waals surface area contributed by atoms with Crippen LogP contribution >= 0.6 is 15.9 Å². The lowest BCUT2D eigenvalue weighted by Crippen LogP contribution is -1.98. The first-order valence-electron chi connectivity index (χ1n) is 5.77. The maximum atomic E-state index is 13.3. The van der Waals surface area contributed by atoms with Crippen LogP contribution < -0.4 is 5.73 Å². The minimum absolute atomic E-state index is 0.299. The summed E-state index contributed by atoms with van der Waals surface area (Å²) in [6.07, 6.45) is 0. The number of imidazole rings is 1. The van der Waals surface area contributed by atoms with Gasteiger partial charge in [-0.15, -0.1) is 0 Å². The van der Waals surface area contributed by atoms with Crippen LogP contribution in [-0.2, 0) is 0 Å². The van der Waals surface area contributed by atoms with E-state index in [2.05, 4.69) is 20.9 Å². The summed E-state index contributed by atoms with van der Waals surface area (Å²) in [5.74, 6) is 0.214. The minimum atomic E-state index is -0.299. The van der Waals surface area contributed by atoms with E-state index in [1.807, 2.05) is 23.5 Å². The number of hydrogen-bond acceptors (Lipinski definition) is 2. The molecule has 0 aliphatic rings. The lowest BCUT2D eigenvalue weighted by Gasteiger charge is -2.04. The maximum Gasteiger partial charge on any atom is 0.139 e. The Morgan fingerprint density at radius 2 is 2.05 bits per heavy atom. The van der Waals surface area contributed by atoms with E-state index in [0.717, 1.165) is 15.8 Å². The van der Waals surface area contributed by atoms with Crippen LogP contribution in [0.15, 0.2) is 40.9 Å². The first-order valence-corrected chi connectivity index (χ1v) is 6.56. The summed E-state index contributed by atoms with van der Waals surface area (Å²) in [6, 6.07) is 10.1. The standard InChI is InChI=1S/C14H11BrFN3/c1-8-11(15)5-6-12-18-13(14(17)19(8)12)9-3-2-4-10(16)7-9/h2-7H,17H2,1H3. The van der Waals surface area contributed by atoms with Crippen LogP contribution in [0.5, 0.6) is 0 Å². The highest BCUT2D eigenvalue weighted by atomic mass is 79.9. The number of nitrogens with two attached hydrogens (primary N) is 1. The number of anilines is 1. The van der Waals surface area contributed by atoms with Crippen LogP contribution in [0, 0.1) is 12.7 Å². The summed E-state index contributed by atoms with van der Waals surface area (Å²) in [5.41, 5.74) is 9.13. The molecule has 0 fully saturated rings. The fraction of sp³-hybridized carbons (Fsp3) is 0.0714. The Morgan fingerprint density at radius 3 is 2.79 bits per heavy atom. The van der Waals surface area contributed by atoms with Gasteiger partial charge < -0.3 is 5.73 Å². The molecule has 96 valence electrons. The van der Waals surface area contributed by atoms with Crippen molar-refractivity contribution in [2.24, 2.45) is 0 Å². The van der Waals surface area contributed by atoms with Crippen LogP contribution in [0.4, 0.5) is 10.2 Å². The number of nitrogens with zero attached hydrogens (tertiary/aromatic N) is 2. The number of benzene rings is 1. The second-order valence-electron chi connectivity index (χ2n) is 4.32. The van der Waals surface area contributed by atoms with Crippen molar-refractivity contribution in [3.63, 3.8) is 0 Å². The average Bonchev–Trinajstić information content (AvgIpc) is 2.72. The van der Waals surface area contributed by atoms with Gasteiger partial charge in [0.05, 0.1) is 0 Å². The molecule has 0 aliphatic carbocycles. The predicted molar refractivity (Wildman–Crippen MR) is 77.4 cm³/mol. The van der Waals surface area contributed by atoms with E-state index >= 15 is 0 Å². The highest BCUT2D eigenvalue weighted by Gasteiger charge is 2.14. The van der Waals surface area contributed by atoms with Crippen molar-refractivity contribution in [3.8, 4) is 11.3 Å². The van der Waals surface area contributed by atoms with E-state index in [9.17, 15) is 4.39 Å². The third kappa shape index (κ3) is 1.90. The fourth-order valence-corrected chi connectivity index (χ4v) is 2.45. The summed E-state index contributed by atoms with van der Waals surface area (Å²) in [6.45, 7) is 1.95. The van der Waals surface area contributed by atoms with E-state index in [0.29, 0.717) is 17.1 Å². The zero-order chi connectivity index (χ0) is 13.6. The number of aromatic nitrogens is 2. The molecule has 19 heavy (non-hydrogen) atoms. The molecule has 0 saturated heterocycles. The minimum Gasteiger partial charge on any atom is -0.383 e. The first kappa shape index (κ1) is 12.2. The van der Waals surface area contributed by atoms with Crippen molar-refractivity contribution in [3.05, 3.63) is 52.4 Å². The van der Waals surface area contributed by atoms with Gasteiger partial charge in [-0.05, 0) is 47.1 Å². The number of rotatable bonds is 1. The van der Waals surface area contributed by atoms with Gasteiger partial charge in [-0.3, -0.25) is 4.40 Å². The molecule has 0 bridgehead atoms. The molecule has 3 rings (SSSR count). The molecule has 1 aromatic carbocycles. The molecule has 0 atom stereocenters. The first-order chi connectivity index (χ1) is 9.08. The Kier molecular flexibility index (Phi) is 2.78. The Morgan fingerprint density at radius 1 is 1.26 bits per heavy atom. The van der Waals surface area contributed by atoms with E-state index < -0.39 is 0 Å². The molecule has 0 amide bonds. The summed E-state index contributed by atoms with van der Waals surface area (Å²) in [7, 11) is 0. The number of aryl methyl sites for hydroxylation is 1. The van der Waals surface area contributed by atoms with Gasteiger partial charge in [-0.1, -0.05) is 12.1 Å². The van der Waals surface area contributed by atoms with E-state index in [-0.39, 0.29) is 5.82 Å². The molecule has 3 aromatic rings. The van der Waals surface area contributed by atoms with Gasteiger partial charge in [-0.2, -0.15) is 0 Å². The summed E-state index contributed by atoms with van der Waals surface area (Å²) >= 11 is 3.46. The van der Waals surface area contributed by atoms with Crippen LogP contribution in [-0.4, -0.2) is 9.38 Å². The Bertz CT molecular complexity index is 780. The molecule has 2 heterocycles. The quantitative estimate of drug-likeness (QED) is 0.741. The number of halogens is 2. The molecular formula is C14H11BrFN3. The SMILES string of the molecule is Cc1c(Br)ccc2nc(-c3cccc(F)c3)c(N)n12. The summed E-state index contributed by atoms with van der Waals surface area (Å²) < 4.78 is 16.1. The Hall–Kier alpha value is -1.88.